The van der Waals surface area contributed by atoms with Gasteiger partial charge in [-0.05, 0) is 86.5 Å². The highest BCUT2D eigenvalue weighted by Gasteiger charge is 2.28. The van der Waals surface area contributed by atoms with E-state index >= 15 is 0 Å². The zero-order valence-corrected chi connectivity index (χ0v) is 22.3. The van der Waals surface area contributed by atoms with Crippen molar-refractivity contribution in [1.82, 2.24) is 15.1 Å². The first-order valence-electron chi connectivity index (χ1n) is 14.2. The molecule has 2 heterocycles. The van der Waals surface area contributed by atoms with Gasteiger partial charge in [0.1, 0.15) is 6.04 Å². The molecular formula is C33H39N3O2. The predicted octanol–water partition coefficient (Wildman–Crippen LogP) is 5.69. The lowest BCUT2D eigenvalue weighted by Crippen LogP contribution is -2.49. The van der Waals surface area contributed by atoms with Crippen LogP contribution in [0.5, 0.6) is 0 Å². The molecule has 3 aromatic carbocycles. The smallest absolute Gasteiger partial charge is 0.252 e. The van der Waals surface area contributed by atoms with Crippen LogP contribution in [0.3, 0.4) is 0 Å². The van der Waals surface area contributed by atoms with E-state index in [9.17, 15) is 9.59 Å². The summed E-state index contributed by atoms with van der Waals surface area (Å²) in [5, 5.41) is 3.17. The maximum absolute atomic E-state index is 14.0. The van der Waals surface area contributed by atoms with Crippen LogP contribution in [-0.4, -0.2) is 53.8 Å². The third-order valence-corrected chi connectivity index (χ3v) is 7.94. The molecule has 3 aromatic rings. The van der Waals surface area contributed by atoms with E-state index in [1.165, 1.54) is 30.4 Å². The average molecular weight is 510 g/mol. The maximum atomic E-state index is 14.0. The monoisotopic (exact) mass is 509 g/mol. The molecule has 0 aromatic heterocycles. The summed E-state index contributed by atoms with van der Waals surface area (Å²) in [6, 6.07) is 25.5. The fourth-order valence-electron chi connectivity index (χ4n) is 5.86. The maximum Gasteiger partial charge on any atom is 0.252 e. The van der Waals surface area contributed by atoms with E-state index in [1.54, 1.807) is 0 Å². The summed E-state index contributed by atoms with van der Waals surface area (Å²) in [5.41, 5.74) is 5.02. The van der Waals surface area contributed by atoms with Gasteiger partial charge in [-0.3, -0.25) is 9.59 Å². The van der Waals surface area contributed by atoms with Crippen LogP contribution in [0.1, 0.15) is 60.0 Å². The lowest BCUT2D eigenvalue weighted by atomic mass is 9.98. The molecule has 5 heteroatoms. The Bertz CT molecular complexity index is 1220. The molecule has 1 saturated heterocycles. The van der Waals surface area contributed by atoms with Crippen molar-refractivity contribution < 1.29 is 9.59 Å². The summed E-state index contributed by atoms with van der Waals surface area (Å²) in [5.74, 6) is -0.151. The number of fused-ring (bicyclic) bond motifs is 1. The number of hydrogen-bond donors (Lipinski definition) is 1. The number of rotatable bonds is 8. The van der Waals surface area contributed by atoms with Gasteiger partial charge < -0.3 is 15.1 Å². The first kappa shape index (κ1) is 26.2. The number of piperidine rings is 1. The van der Waals surface area contributed by atoms with E-state index < -0.39 is 6.04 Å². The molecule has 2 aliphatic rings. The average Bonchev–Trinajstić information content (AvgIpc) is 3.20. The topological polar surface area (TPSA) is 52.7 Å². The Morgan fingerprint density at radius 3 is 2.29 bits per heavy atom. The van der Waals surface area contributed by atoms with Gasteiger partial charge in [0.25, 0.3) is 5.91 Å². The van der Waals surface area contributed by atoms with E-state index in [0.717, 1.165) is 50.0 Å². The number of carbonyl (C=O) groups excluding carboxylic acids is 2. The molecule has 0 aliphatic carbocycles. The molecule has 198 valence electrons. The number of benzene rings is 3. The molecule has 0 radical (unpaired) electrons. The molecule has 1 N–H and O–H groups in total. The van der Waals surface area contributed by atoms with Crippen molar-refractivity contribution in [2.45, 2.75) is 57.5 Å². The van der Waals surface area contributed by atoms with Crippen molar-refractivity contribution in [2.24, 2.45) is 0 Å². The third-order valence-electron chi connectivity index (χ3n) is 7.94. The van der Waals surface area contributed by atoms with Crippen LogP contribution in [0.2, 0.25) is 0 Å². The number of hydrogen-bond acceptors (Lipinski definition) is 3. The lowest BCUT2D eigenvalue weighted by molar-refractivity contribution is -0.134. The summed E-state index contributed by atoms with van der Waals surface area (Å²) < 4.78 is 0. The Labute approximate surface area is 226 Å². The van der Waals surface area contributed by atoms with Gasteiger partial charge in [-0.25, -0.2) is 0 Å². The first-order chi connectivity index (χ1) is 18.7. The molecule has 5 nitrogen and oxygen atoms in total. The highest BCUT2D eigenvalue weighted by Crippen LogP contribution is 2.24. The van der Waals surface area contributed by atoms with Gasteiger partial charge in [0.15, 0.2) is 0 Å². The number of nitrogens with zero attached hydrogens (tertiary/aromatic N) is 2. The van der Waals surface area contributed by atoms with E-state index in [1.807, 2.05) is 65.6 Å². The largest absolute Gasteiger partial charge is 0.340 e. The molecule has 0 unspecified atom stereocenters. The number of nitrogens with one attached hydrogen (secondary N) is 1. The van der Waals surface area contributed by atoms with Gasteiger partial charge >= 0.3 is 0 Å². The SMILES string of the molecule is O=C(N[C@@H](CCCN1CCCCC1)C(=O)N1CCCc2ccccc2C1)c1ccccc1-c1ccccc1. The number of aryl methyl sites for hydroxylation is 1. The second kappa shape index (κ2) is 12.9. The number of likely N-dealkylation sites (tertiary alicyclic amines) is 1. The van der Waals surface area contributed by atoms with Gasteiger partial charge in [0, 0.05) is 18.7 Å². The van der Waals surface area contributed by atoms with Crippen LogP contribution in [0.15, 0.2) is 78.9 Å². The summed E-state index contributed by atoms with van der Waals surface area (Å²) in [6.45, 7) is 4.57. The molecule has 0 bridgehead atoms. The second-order valence-electron chi connectivity index (χ2n) is 10.6. The normalized spacial score (nSPS) is 16.8. The standard InChI is InChI=1S/C33H39N3O2/c37-32(30-19-8-7-18-29(30)27-14-3-1-4-15-27)34-31(20-12-23-35-21-9-2-10-22-35)33(38)36-24-11-17-26-13-5-6-16-28(26)25-36/h1,3-8,13-16,18-19,31H,2,9-12,17,20-25H2,(H,34,37)/t31-/m0/s1. The quantitative estimate of drug-likeness (QED) is 0.424. The van der Waals surface area contributed by atoms with Crippen LogP contribution < -0.4 is 5.32 Å². The highest BCUT2D eigenvalue weighted by atomic mass is 16.2. The van der Waals surface area contributed by atoms with Crippen molar-refractivity contribution in [2.75, 3.05) is 26.2 Å². The molecule has 38 heavy (non-hydrogen) atoms. The Morgan fingerprint density at radius 2 is 1.47 bits per heavy atom. The minimum Gasteiger partial charge on any atom is -0.340 e. The van der Waals surface area contributed by atoms with Gasteiger partial charge in [-0.2, -0.15) is 0 Å². The Morgan fingerprint density at radius 1 is 0.763 bits per heavy atom. The van der Waals surface area contributed by atoms with Gasteiger partial charge in [0.2, 0.25) is 5.91 Å². The van der Waals surface area contributed by atoms with Gasteiger partial charge in [-0.15, -0.1) is 0 Å². The molecule has 0 spiro atoms. The highest BCUT2D eigenvalue weighted by molar-refractivity contribution is 6.02. The number of carbonyl (C=O) groups is 2. The second-order valence-corrected chi connectivity index (χ2v) is 10.6. The minimum absolute atomic E-state index is 0.0332. The molecule has 2 amide bonds. The molecule has 1 fully saturated rings. The van der Waals surface area contributed by atoms with E-state index in [4.69, 9.17) is 0 Å². The van der Waals surface area contributed by atoms with Crippen molar-refractivity contribution in [1.29, 1.82) is 0 Å². The fourth-order valence-corrected chi connectivity index (χ4v) is 5.86. The molecule has 2 aliphatic heterocycles. The van der Waals surface area contributed by atoms with Crippen LogP contribution in [0.4, 0.5) is 0 Å². The summed E-state index contributed by atoms with van der Waals surface area (Å²) in [4.78, 5) is 32.1. The first-order valence-corrected chi connectivity index (χ1v) is 14.2. The summed E-state index contributed by atoms with van der Waals surface area (Å²) >= 11 is 0. The Kier molecular flexibility index (Phi) is 8.87. The molecule has 1 atom stereocenters. The number of amides is 2. The predicted molar refractivity (Wildman–Crippen MR) is 153 cm³/mol. The molecule has 5 rings (SSSR count). The van der Waals surface area contributed by atoms with E-state index in [0.29, 0.717) is 25.1 Å². The Hall–Kier alpha value is -3.44. The fraction of sp³-hybridized carbons (Fsp3) is 0.394. The van der Waals surface area contributed by atoms with Crippen LogP contribution >= 0.6 is 0 Å². The van der Waals surface area contributed by atoms with Gasteiger partial charge in [-0.1, -0.05) is 79.2 Å². The molecular weight excluding hydrogens is 470 g/mol. The molecule has 0 saturated carbocycles. The van der Waals surface area contributed by atoms with E-state index in [-0.39, 0.29) is 11.8 Å². The van der Waals surface area contributed by atoms with Crippen LogP contribution in [0.25, 0.3) is 11.1 Å². The summed E-state index contributed by atoms with van der Waals surface area (Å²) in [6.07, 6.45) is 7.27. The third kappa shape index (κ3) is 6.51. The van der Waals surface area contributed by atoms with Gasteiger partial charge in [0.05, 0.1) is 0 Å². The van der Waals surface area contributed by atoms with Crippen LogP contribution in [0, 0.1) is 0 Å². The Balaban J connectivity index is 1.34. The van der Waals surface area contributed by atoms with Crippen molar-refractivity contribution >= 4 is 11.8 Å². The summed E-state index contributed by atoms with van der Waals surface area (Å²) in [7, 11) is 0. The van der Waals surface area contributed by atoms with Crippen LogP contribution in [-0.2, 0) is 17.8 Å². The van der Waals surface area contributed by atoms with Crippen molar-refractivity contribution in [3.8, 4) is 11.1 Å². The zero-order chi connectivity index (χ0) is 26.2. The minimum atomic E-state index is -0.540. The zero-order valence-electron chi connectivity index (χ0n) is 22.3. The lowest BCUT2D eigenvalue weighted by Gasteiger charge is -2.29. The van der Waals surface area contributed by atoms with Crippen molar-refractivity contribution in [3.63, 3.8) is 0 Å². The van der Waals surface area contributed by atoms with E-state index in [2.05, 4.69) is 28.4 Å². The van der Waals surface area contributed by atoms with Crippen molar-refractivity contribution in [3.05, 3.63) is 95.6 Å².